The summed E-state index contributed by atoms with van der Waals surface area (Å²) in [6, 6.07) is 7.89. The molecule has 8 heteroatoms. The summed E-state index contributed by atoms with van der Waals surface area (Å²) < 4.78 is 16.5. The van der Waals surface area contributed by atoms with Gasteiger partial charge in [0.25, 0.3) is 0 Å². The number of nitrogens with zero attached hydrogens (tertiary/aromatic N) is 1. The normalized spacial score (nSPS) is 34.9. The summed E-state index contributed by atoms with van der Waals surface area (Å²) in [5.74, 6) is -1.32. The van der Waals surface area contributed by atoms with Crippen LogP contribution in [0.15, 0.2) is 24.3 Å². The minimum Gasteiger partial charge on any atom is -0.469 e. The van der Waals surface area contributed by atoms with E-state index in [1.54, 1.807) is 0 Å². The average Bonchev–Trinajstić information content (AvgIpc) is 3.46. The Hall–Kier alpha value is -2.87. The van der Waals surface area contributed by atoms with Gasteiger partial charge in [0.15, 0.2) is 0 Å². The maximum Gasteiger partial charge on any atom is 0.326 e. The standard InChI is InChI=1S/C28H34N2O6/c1-4-36-24(32)26-12-7-8-13-28(26)22-18(17-9-5-6-10-20(17)29-22)15-27(25(33)35-3)16-19(23(31)34-2)21(11-14-26)30(27)28/h5-6,9-10,19,21,29H,4,7-8,11-16H2,1-3H3/t19-,21-,26-,27-,28+/m0/s1. The molecule has 1 aromatic heterocycles. The number of carbonyl (C=O) groups excluding carboxylic acids is 3. The zero-order valence-electron chi connectivity index (χ0n) is 21.2. The van der Waals surface area contributed by atoms with Gasteiger partial charge >= 0.3 is 17.9 Å². The Morgan fingerprint density at radius 3 is 2.58 bits per heavy atom. The number of benzene rings is 1. The van der Waals surface area contributed by atoms with E-state index in [2.05, 4.69) is 16.0 Å². The Morgan fingerprint density at radius 1 is 1.06 bits per heavy atom. The molecule has 0 unspecified atom stereocenters. The second kappa shape index (κ2) is 8.07. The van der Waals surface area contributed by atoms with Crippen LogP contribution in [0.3, 0.4) is 0 Å². The Balaban J connectivity index is 1.70. The molecule has 36 heavy (non-hydrogen) atoms. The third kappa shape index (κ3) is 2.66. The Kier molecular flexibility index (Phi) is 5.27. The summed E-state index contributed by atoms with van der Waals surface area (Å²) in [5.41, 5.74) is 0.363. The van der Waals surface area contributed by atoms with Crippen molar-refractivity contribution in [2.24, 2.45) is 11.3 Å². The van der Waals surface area contributed by atoms with Gasteiger partial charge in [-0.05, 0) is 50.7 Å². The first-order valence-electron chi connectivity index (χ1n) is 13.1. The van der Waals surface area contributed by atoms with Gasteiger partial charge in [0.1, 0.15) is 5.54 Å². The number of hydrogen-bond acceptors (Lipinski definition) is 7. The summed E-state index contributed by atoms with van der Waals surface area (Å²) in [5, 5.41) is 1.05. The highest BCUT2D eigenvalue weighted by molar-refractivity contribution is 5.92. The molecule has 1 aliphatic carbocycles. The molecule has 1 aromatic carbocycles. The van der Waals surface area contributed by atoms with Gasteiger partial charge in [0.05, 0.1) is 37.7 Å². The van der Waals surface area contributed by atoms with Crippen molar-refractivity contribution in [3.63, 3.8) is 0 Å². The number of fused-ring (bicyclic) bond motifs is 3. The molecule has 4 heterocycles. The molecule has 2 aromatic rings. The van der Waals surface area contributed by atoms with Crippen LogP contribution in [0.25, 0.3) is 10.9 Å². The number of aromatic amines is 1. The fraction of sp³-hybridized carbons (Fsp3) is 0.607. The molecule has 4 aliphatic rings. The average molecular weight is 495 g/mol. The molecule has 1 spiro atoms. The van der Waals surface area contributed by atoms with Crippen LogP contribution in [0.5, 0.6) is 0 Å². The molecule has 8 nitrogen and oxygen atoms in total. The number of hydrogen-bond donors (Lipinski definition) is 1. The molecule has 2 saturated heterocycles. The van der Waals surface area contributed by atoms with Gasteiger partial charge in [-0.1, -0.05) is 31.0 Å². The minimum atomic E-state index is -1.06. The van der Waals surface area contributed by atoms with Crippen molar-refractivity contribution in [3.05, 3.63) is 35.5 Å². The highest BCUT2D eigenvalue weighted by Gasteiger charge is 2.76. The SMILES string of the molecule is CCOC(=O)[C@@]12CCCC[C@@]13c1[nH]c4ccccc4c1C[C@@]1(C(=O)OC)C[C@H](C(=O)OC)[C@H](CC2)N13. The van der Waals surface area contributed by atoms with Gasteiger partial charge in [0, 0.05) is 29.1 Å². The van der Waals surface area contributed by atoms with Crippen molar-refractivity contribution in [1.82, 2.24) is 9.88 Å². The van der Waals surface area contributed by atoms with Gasteiger partial charge < -0.3 is 19.2 Å². The lowest BCUT2D eigenvalue weighted by Gasteiger charge is -2.66. The van der Waals surface area contributed by atoms with E-state index in [9.17, 15) is 14.4 Å². The molecule has 3 aliphatic heterocycles. The van der Waals surface area contributed by atoms with Crippen molar-refractivity contribution in [2.45, 2.75) is 75.4 Å². The van der Waals surface area contributed by atoms with E-state index < -0.39 is 22.4 Å². The smallest absolute Gasteiger partial charge is 0.326 e. The van der Waals surface area contributed by atoms with Crippen LogP contribution in [-0.2, 0) is 40.6 Å². The Morgan fingerprint density at radius 2 is 1.83 bits per heavy atom. The Labute approximate surface area is 210 Å². The zero-order chi connectivity index (χ0) is 25.3. The number of aromatic nitrogens is 1. The lowest BCUT2D eigenvalue weighted by molar-refractivity contribution is -0.211. The van der Waals surface area contributed by atoms with E-state index in [-0.39, 0.29) is 23.9 Å². The molecule has 1 N–H and O–H groups in total. The van der Waals surface area contributed by atoms with Crippen molar-refractivity contribution >= 4 is 28.8 Å². The number of ether oxygens (including phenoxy) is 3. The van der Waals surface area contributed by atoms with E-state index >= 15 is 0 Å². The second-order valence-corrected chi connectivity index (χ2v) is 10.9. The summed E-state index contributed by atoms with van der Waals surface area (Å²) in [6.45, 7) is 2.14. The number of nitrogens with one attached hydrogen (secondary N) is 1. The highest BCUT2D eigenvalue weighted by Crippen LogP contribution is 2.69. The second-order valence-electron chi connectivity index (χ2n) is 10.9. The van der Waals surface area contributed by atoms with E-state index in [0.717, 1.165) is 35.0 Å². The predicted molar refractivity (Wildman–Crippen MR) is 131 cm³/mol. The largest absolute Gasteiger partial charge is 0.469 e. The number of rotatable bonds is 4. The van der Waals surface area contributed by atoms with E-state index in [4.69, 9.17) is 14.2 Å². The number of carbonyl (C=O) groups is 3. The number of esters is 3. The quantitative estimate of drug-likeness (QED) is 0.512. The maximum absolute atomic E-state index is 14.0. The molecule has 0 amide bonds. The van der Waals surface area contributed by atoms with Crippen molar-refractivity contribution in [2.75, 3.05) is 20.8 Å². The molecule has 6 rings (SSSR count). The van der Waals surface area contributed by atoms with Crippen LogP contribution in [0.1, 0.15) is 63.1 Å². The van der Waals surface area contributed by atoms with Gasteiger partial charge in [-0.3, -0.25) is 19.3 Å². The molecule has 192 valence electrons. The lowest BCUT2D eigenvalue weighted by Crippen LogP contribution is -2.75. The zero-order valence-corrected chi connectivity index (χ0v) is 21.2. The van der Waals surface area contributed by atoms with Crippen LogP contribution in [0, 0.1) is 11.3 Å². The number of para-hydroxylation sites is 1. The van der Waals surface area contributed by atoms with Gasteiger partial charge in [-0.15, -0.1) is 0 Å². The van der Waals surface area contributed by atoms with E-state index in [1.165, 1.54) is 14.2 Å². The van der Waals surface area contributed by atoms with Gasteiger partial charge in [0.2, 0.25) is 0 Å². The summed E-state index contributed by atoms with van der Waals surface area (Å²) in [4.78, 5) is 46.9. The first kappa shape index (κ1) is 23.5. The topological polar surface area (TPSA) is 97.9 Å². The predicted octanol–water partition coefficient (Wildman–Crippen LogP) is 3.61. The lowest BCUT2D eigenvalue weighted by atomic mass is 9.51. The van der Waals surface area contributed by atoms with Crippen molar-refractivity contribution in [1.29, 1.82) is 0 Å². The third-order valence-corrected chi connectivity index (χ3v) is 9.71. The maximum atomic E-state index is 14.0. The van der Waals surface area contributed by atoms with Crippen LogP contribution in [0.2, 0.25) is 0 Å². The minimum absolute atomic E-state index is 0.199. The molecule has 0 radical (unpaired) electrons. The fourth-order valence-electron chi connectivity index (χ4n) is 8.55. The molecule has 1 saturated carbocycles. The molecule has 5 atom stereocenters. The van der Waals surface area contributed by atoms with E-state index in [0.29, 0.717) is 45.1 Å². The summed E-state index contributed by atoms with van der Waals surface area (Å²) in [7, 11) is 2.82. The molecular weight excluding hydrogens is 460 g/mol. The first-order valence-corrected chi connectivity index (χ1v) is 13.1. The van der Waals surface area contributed by atoms with Crippen LogP contribution < -0.4 is 0 Å². The fourth-order valence-corrected chi connectivity index (χ4v) is 8.55. The summed E-state index contributed by atoms with van der Waals surface area (Å²) >= 11 is 0. The molecule has 0 bridgehead atoms. The number of H-pyrrole nitrogens is 1. The monoisotopic (exact) mass is 494 g/mol. The van der Waals surface area contributed by atoms with Crippen molar-refractivity contribution < 1.29 is 28.6 Å². The summed E-state index contributed by atoms with van der Waals surface area (Å²) in [6.07, 6.45) is 5.18. The van der Waals surface area contributed by atoms with Crippen LogP contribution in [-0.4, -0.2) is 60.2 Å². The number of methoxy groups -OCH3 is 2. The van der Waals surface area contributed by atoms with Crippen molar-refractivity contribution in [3.8, 4) is 0 Å². The van der Waals surface area contributed by atoms with Crippen LogP contribution in [0.4, 0.5) is 0 Å². The first-order chi connectivity index (χ1) is 17.4. The highest BCUT2D eigenvalue weighted by atomic mass is 16.5. The number of piperidine rings is 1. The van der Waals surface area contributed by atoms with Crippen LogP contribution >= 0.6 is 0 Å². The Bertz CT molecular complexity index is 1250. The third-order valence-electron chi connectivity index (χ3n) is 9.71. The van der Waals surface area contributed by atoms with E-state index in [1.807, 2.05) is 25.1 Å². The van der Waals surface area contributed by atoms with Gasteiger partial charge in [-0.25, -0.2) is 0 Å². The molecule has 3 fully saturated rings. The molecular formula is C28H34N2O6. The van der Waals surface area contributed by atoms with Gasteiger partial charge in [-0.2, -0.15) is 0 Å².